The van der Waals surface area contributed by atoms with Crippen LogP contribution < -0.4 is 10.6 Å². The van der Waals surface area contributed by atoms with E-state index < -0.39 is 0 Å². The van der Waals surface area contributed by atoms with Crippen molar-refractivity contribution in [2.24, 2.45) is 0 Å². The minimum atomic E-state index is -0.190. The molecule has 0 aliphatic heterocycles. The molecule has 2 N–H and O–H groups in total. The van der Waals surface area contributed by atoms with E-state index in [-0.39, 0.29) is 17.7 Å². The topological polar surface area (TPSA) is 58.2 Å². The van der Waals surface area contributed by atoms with E-state index in [0.717, 1.165) is 18.4 Å². The first-order valence-corrected chi connectivity index (χ1v) is 7.83. The van der Waals surface area contributed by atoms with Gasteiger partial charge in [0.1, 0.15) is 0 Å². The molecule has 0 heterocycles. The van der Waals surface area contributed by atoms with Crippen LogP contribution in [0.25, 0.3) is 0 Å². The van der Waals surface area contributed by atoms with Crippen LogP contribution in [0.15, 0.2) is 54.6 Å². The van der Waals surface area contributed by atoms with E-state index in [4.69, 9.17) is 0 Å². The number of carbonyl (C=O) groups excluding carboxylic acids is 2. The van der Waals surface area contributed by atoms with Gasteiger partial charge in [-0.3, -0.25) is 9.59 Å². The summed E-state index contributed by atoms with van der Waals surface area (Å²) in [6.45, 7) is 2.06. The average Bonchev–Trinajstić information content (AvgIpc) is 2.59. The molecule has 4 heteroatoms. The first kappa shape index (κ1) is 16.7. The van der Waals surface area contributed by atoms with Crippen molar-refractivity contribution in [1.29, 1.82) is 0 Å². The Labute approximate surface area is 136 Å². The number of benzene rings is 2. The van der Waals surface area contributed by atoms with E-state index in [9.17, 15) is 9.59 Å². The lowest BCUT2D eigenvalue weighted by molar-refractivity contribution is -0.117. The lowest BCUT2D eigenvalue weighted by atomic mass is 9.93. The summed E-state index contributed by atoms with van der Waals surface area (Å²) in [7, 11) is 1.58. The Morgan fingerprint density at radius 3 is 2.43 bits per heavy atom. The van der Waals surface area contributed by atoms with Crippen LogP contribution in [-0.2, 0) is 4.79 Å². The molecule has 2 rings (SSSR count). The molecule has 0 aromatic heterocycles. The SMILES string of the molecule is CCCC(C(=O)Nc1cccc(C(=O)NC)c1)c1ccccc1. The fourth-order valence-corrected chi connectivity index (χ4v) is 2.54. The van der Waals surface area contributed by atoms with Crippen molar-refractivity contribution in [3.63, 3.8) is 0 Å². The third-order valence-corrected chi connectivity index (χ3v) is 3.72. The monoisotopic (exact) mass is 310 g/mol. The molecule has 2 amide bonds. The van der Waals surface area contributed by atoms with Crippen LogP contribution >= 0.6 is 0 Å². The fourth-order valence-electron chi connectivity index (χ4n) is 2.54. The number of nitrogens with one attached hydrogen (secondary N) is 2. The minimum absolute atomic E-state index is 0.0490. The number of amides is 2. The smallest absolute Gasteiger partial charge is 0.251 e. The second-order valence-corrected chi connectivity index (χ2v) is 5.40. The molecule has 0 bridgehead atoms. The third kappa shape index (κ3) is 4.42. The van der Waals surface area contributed by atoms with Gasteiger partial charge in [0.05, 0.1) is 5.92 Å². The van der Waals surface area contributed by atoms with Crippen LogP contribution in [0.2, 0.25) is 0 Å². The van der Waals surface area contributed by atoms with Gasteiger partial charge < -0.3 is 10.6 Å². The van der Waals surface area contributed by atoms with Gasteiger partial charge in [-0.15, -0.1) is 0 Å². The van der Waals surface area contributed by atoms with E-state index in [1.165, 1.54) is 0 Å². The van der Waals surface area contributed by atoms with E-state index in [2.05, 4.69) is 17.6 Å². The van der Waals surface area contributed by atoms with E-state index in [1.54, 1.807) is 31.3 Å². The number of hydrogen-bond donors (Lipinski definition) is 2. The van der Waals surface area contributed by atoms with Crippen molar-refractivity contribution in [2.45, 2.75) is 25.7 Å². The molecule has 0 fully saturated rings. The normalized spacial score (nSPS) is 11.6. The summed E-state index contributed by atoms with van der Waals surface area (Å²) in [6, 6.07) is 16.7. The quantitative estimate of drug-likeness (QED) is 0.857. The Bertz CT molecular complexity index is 668. The summed E-state index contributed by atoms with van der Waals surface area (Å²) < 4.78 is 0. The van der Waals surface area contributed by atoms with Crippen LogP contribution in [-0.4, -0.2) is 18.9 Å². The zero-order valence-corrected chi connectivity index (χ0v) is 13.5. The molecule has 0 aliphatic carbocycles. The number of rotatable bonds is 6. The maximum Gasteiger partial charge on any atom is 0.251 e. The molecule has 0 spiro atoms. The van der Waals surface area contributed by atoms with Crippen molar-refractivity contribution >= 4 is 17.5 Å². The first-order valence-electron chi connectivity index (χ1n) is 7.83. The number of carbonyl (C=O) groups is 2. The summed E-state index contributed by atoms with van der Waals surface area (Å²) in [4.78, 5) is 24.3. The predicted octanol–water partition coefficient (Wildman–Crippen LogP) is 3.57. The number of hydrogen-bond acceptors (Lipinski definition) is 2. The molecule has 2 aromatic carbocycles. The highest BCUT2D eigenvalue weighted by molar-refractivity contribution is 5.98. The third-order valence-electron chi connectivity index (χ3n) is 3.72. The molecule has 23 heavy (non-hydrogen) atoms. The van der Waals surface area contributed by atoms with Crippen molar-refractivity contribution in [3.05, 3.63) is 65.7 Å². The highest BCUT2D eigenvalue weighted by atomic mass is 16.2. The Balaban J connectivity index is 2.17. The summed E-state index contributed by atoms with van der Waals surface area (Å²) in [6.07, 6.45) is 1.70. The van der Waals surface area contributed by atoms with Crippen LogP contribution in [0.4, 0.5) is 5.69 Å². The van der Waals surface area contributed by atoms with Gasteiger partial charge in [0, 0.05) is 18.3 Å². The van der Waals surface area contributed by atoms with Gasteiger partial charge in [0.2, 0.25) is 5.91 Å². The molecular formula is C19H22N2O2. The second kappa shape index (κ2) is 8.13. The van der Waals surface area contributed by atoms with Crippen molar-refractivity contribution < 1.29 is 9.59 Å². The summed E-state index contributed by atoms with van der Waals surface area (Å²) in [5, 5.41) is 5.50. The molecule has 1 unspecified atom stereocenters. The lowest BCUT2D eigenvalue weighted by Crippen LogP contribution is -2.22. The maximum absolute atomic E-state index is 12.6. The lowest BCUT2D eigenvalue weighted by Gasteiger charge is -2.17. The molecule has 4 nitrogen and oxygen atoms in total. The zero-order valence-electron chi connectivity index (χ0n) is 13.5. The summed E-state index contributed by atoms with van der Waals surface area (Å²) in [5.41, 5.74) is 2.17. The van der Waals surface area contributed by atoms with E-state index in [1.807, 2.05) is 30.3 Å². The van der Waals surface area contributed by atoms with Crippen LogP contribution in [0, 0.1) is 0 Å². The van der Waals surface area contributed by atoms with Crippen LogP contribution in [0.3, 0.4) is 0 Å². The van der Waals surface area contributed by atoms with Crippen molar-refractivity contribution in [3.8, 4) is 0 Å². The Kier molecular flexibility index (Phi) is 5.92. The summed E-state index contributed by atoms with van der Waals surface area (Å²) in [5.74, 6) is -0.411. The molecule has 1 atom stereocenters. The van der Waals surface area contributed by atoms with Gasteiger partial charge in [-0.25, -0.2) is 0 Å². The molecule has 0 aliphatic rings. The van der Waals surface area contributed by atoms with Crippen LogP contribution in [0.5, 0.6) is 0 Å². The highest BCUT2D eigenvalue weighted by Crippen LogP contribution is 2.23. The molecule has 0 saturated heterocycles. The summed E-state index contributed by atoms with van der Waals surface area (Å²) >= 11 is 0. The maximum atomic E-state index is 12.6. The number of anilines is 1. The van der Waals surface area contributed by atoms with E-state index >= 15 is 0 Å². The van der Waals surface area contributed by atoms with Gasteiger partial charge in [-0.1, -0.05) is 49.7 Å². The molecule has 0 saturated carbocycles. The Morgan fingerprint density at radius 1 is 1.04 bits per heavy atom. The highest BCUT2D eigenvalue weighted by Gasteiger charge is 2.19. The first-order chi connectivity index (χ1) is 11.2. The standard InChI is InChI=1S/C19H22N2O2/c1-3-8-17(14-9-5-4-6-10-14)19(23)21-16-12-7-11-15(13-16)18(22)20-2/h4-7,9-13,17H,3,8H2,1-2H3,(H,20,22)(H,21,23). The average molecular weight is 310 g/mol. The molecule has 120 valence electrons. The van der Waals surface area contributed by atoms with Gasteiger partial charge in [-0.2, -0.15) is 0 Å². The van der Waals surface area contributed by atoms with Crippen molar-refractivity contribution in [2.75, 3.05) is 12.4 Å². The zero-order chi connectivity index (χ0) is 16.7. The van der Waals surface area contributed by atoms with Gasteiger partial charge >= 0.3 is 0 Å². The minimum Gasteiger partial charge on any atom is -0.355 e. The second-order valence-electron chi connectivity index (χ2n) is 5.40. The van der Waals surface area contributed by atoms with E-state index in [0.29, 0.717) is 11.3 Å². The molecular weight excluding hydrogens is 288 g/mol. The Hall–Kier alpha value is -2.62. The molecule has 2 aromatic rings. The van der Waals surface area contributed by atoms with Crippen LogP contribution in [0.1, 0.15) is 41.6 Å². The van der Waals surface area contributed by atoms with Crippen molar-refractivity contribution in [1.82, 2.24) is 5.32 Å². The largest absolute Gasteiger partial charge is 0.355 e. The predicted molar refractivity (Wildman–Crippen MR) is 92.6 cm³/mol. The van der Waals surface area contributed by atoms with Gasteiger partial charge in [0.15, 0.2) is 0 Å². The fraction of sp³-hybridized carbons (Fsp3) is 0.263. The van der Waals surface area contributed by atoms with Gasteiger partial charge in [-0.05, 0) is 30.2 Å². The Morgan fingerprint density at radius 2 is 1.78 bits per heavy atom. The molecule has 0 radical (unpaired) electrons. The van der Waals surface area contributed by atoms with Gasteiger partial charge in [0.25, 0.3) is 5.91 Å².